The van der Waals surface area contributed by atoms with Gasteiger partial charge < -0.3 is 13.8 Å². The number of nitrogens with one attached hydrogen (secondary N) is 1. The van der Waals surface area contributed by atoms with Gasteiger partial charge in [-0.3, -0.25) is 9.97 Å². The van der Waals surface area contributed by atoms with Crippen molar-refractivity contribution in [2.75, 3.05) is 14.2 Å². The molecule has 0 saturated heterocycles. The van der Waals surface area contributed by atoms with Crippen LogP contribution in [-0.4, -0.2) is 29.8 Å². The molecule has 0 saturated carbocycles. The number of hydrogen-bond donors (Lipinski definition) is 1. The van der Waals surface area contributed by atoms with Gasteiger partial charge >= 0.3 is 7.60 Å². The Hall–Kier alpha value is 0.230. The van der Waals surface area contributed by atoms with Gasteiger partial charge in [-0.25, -0.2) is 0 Å². The lowest BCUT2D eigenvalue weighted by atomic mass is 10.2. The average Bonchev–Trinajstić information content (AvgIpc) is 2.43. The fraction of sp³-hybridized carbons (Fsp3) is 0.750. The van der Waals surface area contributed by atoms with Crippen LogP contribution in [0.1, 0.15) is 32.6 Å². The van der Waals surface area contributed by atoms with E-state index in [1.807, 2.05) is 0 Å². The van der Waals surface area contributed by atoms with E-state index < -0.39 is 23.1 Å². The molecule has 21 heavy (non-hydrogen) atoms. The Morgan fingerprint density at radius 1 is 1.29 bits per heavy atom. The molecule has 0 aromatic rings. The van der Waals surface area contributed by atoms with Crippen LogP contribution < -0.4 is 0 Å². The highest BCUT2D eigenvalue weighted by Gasteiger charge is 2.39. The molecule has 0 radical (unpaired) electrons. The van der Waals surface area contributed by atoms with Gasteiger partial charge in [-0.05, 0) is 18.9 Å². The Morgan fingerprint density at radius 2 is 1.86 bits per heavy atom. The van der Waals surface area contributed by atoms with Crippen LogP contribution in [0.4, 0.5) is 0 Å². The summed E-state index contributed by atoms with van der Waals surface area (Å²) in [6, 6.07) is 0. The SMILES string of the molecule is CCCCC/C=C\C(OC(=N)C(Cl)(Cl)Cl)P(=O)(OC)OC. The fourth-order valence-electron chi connectivity index (χ4n) is 1.40. The smallest absolute Gasteiger partial charge is 0.374 e. The summed E-state index contributed by atoms with van der Waals surface area (Å²) in [6.45, 7) is 2.10. The molecule has 1 N–H and O–H groups in total. The minimum atomic E-state index is -3.60. The highest BCUT2D eigenvalue weighted by atomic mass is 35.6. The van der Waals surface area contributed by atoms with Crippen molar-refractivity contribution in [3.05, 3.63) is 12.2 Å². The zero-order chi connectivity index (χ0) is 16.5. The van der Waals surface area contributed by atoms with Crippen molar-refractivity contribution >= 4 is 48.3 Å². The van der Waals surface area contributed by atoms with E-state index in [2.05, 4.69) is 6.92 Å². The lowest BCUT2D eigenvalue weighted by Gasteiger charge is -2.24. The van der Waals surface area contributed by atoms with Crippen molar-refractivity contribution in [1.29, 1.82) is 5.41 Å². The van der Waals surface area contributed by atoms with Gasteiger partial charge in [-0.1, -0.05) is 60.6 Å². The van der Waals surface area contributed by atoms with Gasteiger partial charge in [0.05, 0.1) is 0 Å². The predicted octanol–water partition coefficient (Wildman–Crippen LogP) is 5.30. The average molecular weight is 381 g/mol. The molecule has 9 heteroatoms. The van der Waals surface area contributed by atoms with Crippen molar-refractivity contribution in [1.82, 2.24) is 0 Å². The Morgan fingerprint density at radius 3 is 2.29 bits per heavy atom. The molecule has 0 aliphatic rings. The second-order valence-corrected chi connectivity index (χ2v) is 8.76. The Balaban J connectivity index is 4.95. The molecule has 124 valence electrons. The van der Waals surface area contributed by atoms with Gasteiger partial charge in [0, 0.05) is 14.2 Å². The summed E-state index contributed by atoms with van der Waals surface area (Å²) in [5.41, 5.74) is 0. The number of alkyl halides is 3. The monoisotopic (exact) mass is 379 g/mol. The molecule has 0 fully saturated rings. The van der Waals surface area contributed by atoms with E-state index in [0.717, 1.165) is 25.7 Å². The van der Waals surface area contributed by atoms with Crippen LogP contribution in [0.5, 0.6) is 0 Å². The van der Waals surface area contributed by atoms with E-state index in [4.69, 9.17) is 54.0 Å². The topological polar surface area (TPSA) is 68.6 Å². The standard InChI is InChI=1S/C12H21Cl3NO4P/c1-4-5-6-7-8-9-10(21(17,18-2)19-3)20-11(16)12(13,14)15/h8-10,16H,4-7H2,1-3H3/b9-8-,16-11?. The summed E-state index contributed by atoms with van der Waals surface area (Å²) in [7, 11) is -1.14. The van der Waals surface area contributed by atoms with E-state index in [9.17, 15) is 4.57 Å². The van der Waals surface area contributed by atoms with Crippen LogP contribution >= 0.6 is 42.4 Å². The number of ether oxygens (including phenoxy) is 1. The van der Waals surface area contributed by atoms with Crippen molar-refractivity contribution in [2.24, 2.45) is 0 Å². The summed E-state index contributed by atoms with van der Waals surface area (Å²) in [5.74, 6) is -1.79. The predicted molar refractivity (Wildman–Crippen MR) is 87.8 cm³/mol. The minimum absolute atomic E-state index is 0.648. The molecule has 0 spiro atoms. The van der Waals surface area contributed by atoms with Crippen LogP contribution in [0.2, 0.25) is 0 Å². The number of unbranched alkanes of at least 4 members (excludes halogenated alkanes) is 3. The first-order valence-corrected chi connectivity index (χ1v) is 9.16. The van der Waals surface area contributed by atoms with Gasteiger partial charge in [0.15, 0.2) is 0 Å². The second kappa shape index (κ2) is 10.1. The number of halogens is 3. The van der Waals surface area contributed by atoms with E-state index in [1.165, 1.54) is 20.3 Å². The maximum Gasteiger partial charge on any atom is 0.374 e. The maximum absolute atomic E-state index is 12.4. The molecule has 0 heterocycles. The summed E-state index contributed by atoms with van der Waals surface area (Å²) in [4.78, 5) is 0. The van der Waals surface area contributed by atoms with E-state index in [0.29, 0.717) is 0 Å². The first kappa shape index (κ1) is 21.2. The van der Waals surface area contributed by atoms with E-state index >= 15 is 0 Å². The first-order valence-electron chi connectivity index (χ1n) is 6.41. The Labute approximate surface area is 140 Å². The Kier molecular flexibility index (Phi) is 10.2. The van der Waals surface area contributed by atoms with Gasteiger partial charge in [-0.15, -0.1) is 0 Å². The van der Waals surface area contributed by atoms with Crippen LogP contribution in [-0.2, 0) is 18.3 Å². The Bertz CT molecular complexity index is 390. The molecule has 0 rings (SSSR count). The van der Waals surface area contributed by atoms with Crippen LogP contribution in [0, 0.1) is 5.41 Å². The molecular formula is C12H21Cl3NO4P. The van der Waals surface area contributed by atoms with Gasteiger partial charge in [0.2, 0.25) is 11.7 Å². The molecule has 0 aromatic carbocycles. The summed E-state index contributed by atoms with van der Waals surface area (Å²) < 4.78 is 25.2. The van der Waals surface area contributed by atoms with Crippen LogP contribution in [0.15, 0.2) is 12.2 Å². The van der Waals surface area contributed by atoms with Crippen molar-refractivity contribution in [3.8, 4) is 0 Å². The highest BCUT2D eigenvalue weighted by Crippen LogP contribution is 2.53. The molecule has 0 amide bonds. The molecule has 0 bridgehead atoms. The zero-order valence-corrected chi connectivity index (χ0v) is 15.4. The first-order chi connectivity index (χ1) is 9.71. The highest BCUT2D eigenvalue weighted by molar-refractivity contribution is 7.54. The largest absolute Gasteiger partial charge is 0.457 e. The molecular weight excluding hydrogens is 359 g/mol. The summed E-state index contributed by atoms with van der Waals surface area (Å²) >= 11 is 16.7. The van der Waals surface area contributed by atoms with Gasteiger partial charge in [0.1, 0.15) is 0 Å². The van der Waals surface area contributed by atoms with Gasteiger partial charge in [-0.2, -0.15) is 0 Å². The summed E-state index contributed by atoms with van der Waals surface area (Å²) in [5, 5.41) is 7.56. The molecule has 5 nitrogen and oxygen atoms in total. The van der Waals surface area contributed by atoms with Crippen molar-refractivity contribution in [2.45, 2.75) is 42.2 Å². The number of allylic oxidation sites excluding steroid dienone is 1. The summed E-state index contributed by atoms with van der Waals surface area (Å²) in [6.07, 6.45) is 7.26. The van der Waals surface area contributed by atoms with Crippen molar-refractivity contribution in [3.63, 3.8) is 0 Å². The quantitative estimate of drug-likeness (QED) is 0.147. The minimum Gasteiger partial charge on any atom is -0.457 e. The molecule has 0 aromatic heterocycles. The van der Waals surface area contributed by atoms with E-state index in [1.54, 1.807) is 6.08 Å². The van der Waals surface area contributed by atoms with Gasteiger partial charge in [0.25, 0.3) is 3.79 Å². The molecule has 1 atom stereocenters. The van der Waals surface area contributed by atoms with Crippen LogP contribution in [0.3, 0.4) is 0 Å². The fourth-order valence-corrected chi connectivity index (χ4v) is 2.67. The normalized spacial score (nSPS) is 14.4. The molecule has 0 aliphatic heterocycles. The van der Waals surface area contributed by atoms with Crippen molar-refractivity contribution < 1.29 is 18.3 Å². The third-order valence-corrected chi connectivity index (χ3v) is 5.03. The third-order valence-electron chi connectivity index (χ3n) is 2.59. The number of rotatable bonds is 9. The maximum atomic E-state index is 12.4. The number of hydrogen-bond acceptors (Lipinski definition) is 5. The molecule has 1 unspecified atom stereocenters. The second-order valence-electron chi connectivity index (χ2n) is 4.16. The third kappa shape index (κ3) is 7.87. The zero-order valence-electron chi connectivity index (χ0n) is 12.3. The lowest BCUT2D eigenvalue weighted by molar-refractivity contribution is 0.203. The lowest BCUT2D eigenvalue weighted by Crippen LogP contribution is -2.27. The van der Waals surface area contributed by atoms with Crippen LogP contribution in [0.25, 0.3) is 0 Å². The van der Waals surface area contributed by atoms with E-state index in [-0.39, 0.29) is 0 Å². The molecule has 0 aliphatic carbocycles.